The van der Waals surface area contributed by atoms with Crippen LogP contribution >= 0.6 is 0 Å². The number of carbonyl (C=O) groups excluding carboxylic acids is 1. The number of benzene rings is 1. The van der Waals surface area contributed by atoms with Crippen molar-refractivity contribution < 1.29 is 36.2 Å². The lowest BCUT2D eigenvalue weighted by atomic mass is 9.95. The maximum Gasteiger partial charge on any atom is 0.414 e. The van der Waals surface area contributed by atoms with Gasteiger partial charge in [0.05, 0.1) is 13.7 Å². The Balaban J connectivity index is 0.000000245. The smallest absolute Gasteiger partial charge is 0.414 e. The Morgan fingerprint density at radius 2 is 2.03 bits per heavy atom. The van der Waals surface area contributed by atoms with Crippen molar-refractivity contribution in [3.8, 4) is 5.75 Å². The Morgan fingerprint density at radius 1 is 1.29 bits per heavy atom. The van der Waals surface area contributed by atoms with Crippen LogP contribution in [0.3, 0.4) is 0 Å². The molecule has 0 aliphatic carbocycles. The summed E-state index contributed by atoms with van der Waals surface area (Å²) in [6, 6.07) is 5.75. The molecule has 1 saturated heterocycles. The zero-order valence-electron chi connectivity index (χ0n) is 17.0. The number of carbonyl (C=O) groups is 1. The fourth-order valence-corrected chi connectivity index (χ4v) is 3.18. The summed E-state index contributed by atoms with van der Waals surface area (Å²) in [4.78, 5) is 14.3. The van der Waals surface area contributed by atoms with Gasteiger partial charge < -0.3 is 14.8 Å². The molecule has 0 bridgehead atoms. The Labute approximate surface area is 176 Å². The van der Waals surface area contributed by atoms with E-state index in [4.69, 9.17) is 4.74 Å². The van der Waals surface area contributed by atoms with Gasteiger partial charge in [0.1, 0.15) is 0 Å². The number of halogens is 5. The number of aromatic nitrogens is 1. The van der Waals surface area contributed by atoms with E-state index >= 15 is 0 Å². The van der Waals surface area contributed by atoms with E-state index in [1.54, 1.807) is 12.3 Å². The number of methoxy groups -OCH3 is 1. The minimum absolute atomic E-state index is 0.188. The van der Waals surface area contributed by atoms with Crippen LogP contribution in [0.4, 0.5) is 27.6 Å². The number of anilines is 1. The molecule has 10 heteroatoms. The highest BCUT2D eigenvalue weighted by atomic mass is 19.4. The van der Waals surface area contributed by atoms with Gasteiger partial charge in [-0.15, -0.1) is 0 Å². The van der Waals surface area contributed by atoms with Gasteiger partial charge in [-0.2, -0.15) is 17.6 Å². The Kier molecular flexibility index (Phi) is 8.73. The zero-order valence-corrected chi connectivity index (χ0v) is 17.0. The molecule has 3 rings (SSSR count). The molecule has 1 N–H and O–H groups in total. The minimum Gasteiger partial charge on any atom is -0.493 e. The topological polar surface area (TPSA) is 60.5 Å². The molecule has 0 spiro atoms. The van der Waals surface area contributed by atoms with Crippen LogP contribution in [0.25, 0.3) is 0 Å². The second kappa shape index (κ2) is 11.0. The third-order valence-electron chi connectivity index (χ3n) is 4.63. The molecule has 2 atom stereocenters. The van der Waals surface area contributed by atoms with Gasteiger partial charge in [0.15, 0.2) is 17.7 Å². The number of alkyl halides is 3. The summed E-state index contributed by atoms with van der Waals surface area (Å²) in [5.74, 6) is -3.34. The molecular weight excluding hydrogens is 423 g/mol. The summed E-state index contributed by atoms with van der Waals surface area (Å²) < 4.78 is 73.4. The largest absolute Gasteiger partial charge is 0.493 e. The minimum atomic E-state index is -4.46. The molecule has 1 amide bonds. The lowest BCUT2D eigenvalue weighted by Crippen LogP contribution is -2.27. The summed E-state index contributed by atoms with van der Waals surface area (Å²) >= 11 is 0. The number of nitrogens with zero attached hydrogens (tertiary/aromatic N) is 1. The van der Waals surface area contributed by atoms with Crippen molar-refractivity contribution in [3.05, 3.63) is 53.4 Å². The Hall–Kier alpha value is -2.75. The van der Waals surface area contributed by atoms with E-state index in [1.165, 1.54) is 6.07 Å². The normalized spacial score (nSPS) is 18.2. The van der Waals surface area contributed by atoms with Crippen molar-refractivity contribution in [2.75, 3.05) is 19.0 Å². The Morgan fingerprint density at radius 3 is 2.61 bits per heavy atom. The van der Waals surface area contributed by atoms with Crippen molar-refractivity contribution in [1.29, 1.82) is 0 Å². The molecule has 0 saturated carbocycles. The molecule has 2 unspecified atom stereocenters. The van der Waals surface area contributed by atoms with Crippen molar-refractivity contribution in [2.24, 2.45) is 0 Å². The first kappa shape index (κ1) is 24.5. The van der Waals surface area contributed by atoms with Gasteiger partial charge >= 0.3 is 6.18 Å². The van der Waals surface area contributed by atoms with Crippen molar-refractivity contribution in [2.45, 2.75) is 44.4 Å². The number of hydrogen-bond acceptors (Lipinski definition) is 4. The SMILES string of the molecule is CCCc1cc(NC=O)ccn1.COc1c(C2COC(C(F)(F)F)C2)ccc(F)c1F. The molecule has 31 heavy (non-hydrogen) atoms. The van der Waals surface area contributed by atoms with Crippen molar-refractivity contribution in [3.63, 3.8) is 0 Å². The average Bonchev–Trinajstić information content (AvgIpc) is 3.22. The van der Waals surface area contributed by atoms with Crippen molar-refractivity contribution >= 4 is 12.1 Å². The number of rotatable bonds is 6. The molecule has 0 radical (unpaired) electrons. The lowest BCUT2D eigenvalue weighted by Gasteiger charge is -2.15. The summed E-state index contributed by atoms with van der Waals surface area (Å²) in [6.45, 7) is 1.90. The van der Waals surface area contributed by atoms with Crippen LogP contribution in [0.5, 0.6) is 5.75 Å². The average molecular weight is 446 g/mol. The summed E-state index contributed by atoms with van der Waals surface area (Å²) in [6.07, 6.45) is -2.27. The van der Waals surface area contributed by atoms with Crippen LogP contribution in [0.1, 0.15) is 36.9 Å². The van der Waals surface area contributed by atoms with E-state index < -0.39 is 29.8 Å². The number of ether oxygens (including phenoxy) is 2. The molecule has 170 valence electrons. The van der Waals surface area contributed by atoms with Crippen LogP contribution < -0.4 is 10.1 Å². The summed E-state index contributed by atoms with van der Waals surface area (Å²) in [5.41, 5.74) is 2.01. The third-order valence-corrected chi connectivity index (χ3v) is 4.63. The van der Waals surface area contributed by atoms with Crippen LogP contribution in [0, 0.1) is 11.6 Å². The summed E-state index contributed by atoms with van der Waals surface area (Å²) in [5, 5.41) is 2.59. The van der Waals surface area contributed by atoms with Crippen LogP contribution in [0.2, 0.25) is 0 Å². The van der Waals surface area contributed by atoms with Gasteiger partial charge in [-0.3, -0.25) is 9.78 Å². The second-order valence-corrected chi connectivity index (χ2v) is 6.83. The highest BCUT2D eigenvalue weighted by molar-refractivity contribution is 5.70. The molecule has 1 aliphatic rings. The molecular formula is C21H23F5N2O3. The van der Waals surface area contributed by atoms with Gasteiger partial charge in [0, 0.05) is 29.1 Å². The number of aryl methyl sites for hydroxylation is 1. The highest BCUT2D eigenvalue weighted by Crippen LogP contribution is 2.41. The van der Waals surface area contributed by atoms with Crippen molar-refractivity contribution in [1.82, 2.24) is 4.98 Å². The fourth-order valence-electron chi connectivity index (χ4n) is 3.18. The quantitative estimate of drug-likeness (QED) is 0.501. The first-order valence-electron chi connectivity index (χ1n) is 9.56. The van der Waals surface area contributed by atoms with Gasteiger partial charge in [-0.1, -0.05) is 19.4 Å². The lowest BCUT2D eigenvalue weighted by molar-refractivity contribution is -0.206. The second-order valence-electron chi connectivity index (χ2n) is 6.83. The fraction of sp³-hybridized carbons (Fsp3) is 0.429. The van der Waals surface area contributed by atoms with Gasteiger partial charge in [0.2, 0.25) is 12.2 Å². The molecule has 2 aromatic rings. The number of pyridine rings is 1. The molecule has 1 aliphatic heterocycles. The first-order valence-corrected chi connectivity index (χ1v) is 9.56. The van der Waals surface area contributed by atoms with E-state index in [-0.39, 0.29) is 24.3 Å². The van der Waals surface area contributed by atoms with Crippen LogP contribution in [0.15, 0.2) is 30.5 Å². The van der Waals surface area contributed by atoms with Crippen LogP contribution in [-0.2, 0) is 16.0 Å². The van der Waals surface area contributed by atoms with E-state index in [2.05, 4.69) is 22.0 Å². The van der Waals surface area contributed by atoms with Gasteiger partial charge in [0.25, 0.3) is 0 Å². The zero-order chi connectivity index (χ0) is 23.0. The Bertz CT molecular complexity index is 877. The van der Waals surface area contributed by atoms with Crippen LogP contribution in [-0.4, -0.2) is 37.4 Å². The van der Waals surface area contributed by atoms with Gasteiger partial charge in [-0.05, 0) is 31.0 Å². The molecule has 5 nitrogen and oxygen atoms in total. The van der Waals surface area contributed by atoms with E-state index in [0.29, 0.717) is 6.41 Å². The standard InChI is InChI=1S/C12H11F5O2.C9H12N2O/c1-18-11-7(2-3-8(13)10(11)14)6-4-9(19-5-6)12(15,16)17;1-2-3-8-6-9(11-7-12)4-5-10-8/h2-3,6,9H,4-5H2,1H3;4-7H,2-3H2,1H3,(H,10,11,12). The van der Waals surface area contributed by atoms with Gasteiger partial charge in [-0.25, -0.2) is 4.39 Å². The molecule has 1 aromatic heterocycles. The molecule has 1 aromatic carbocycles. The molecule has 2 heterocycles. The monoisotopic (exact) mass is 446 g/mol. The van der Waals surface area contributed by atoms with E-state index in [1.807, 2.05) is 6.07 Å². The van der Waals surface area contributed by atoms with E-state index in [0.717, 1.165) is 37.4 Å². The first-order chi connectivity index (χ1) is 14.7. The number of hydrogen-bond donors (Lipinski definition) is 1. The molecule has 1 fully saturated rings. The number of amides is 1. The number of nitrogens with one attached hydrogen (secondary N) is 1. The third kappa shape index (κ3) is 6.61. The predicted octanol–water partition coefficient (Wildman–Crippen LogP) is 5.01. The summed E-state index contributed by atoms with van der Waals surface area (Å²) in [7, 11) is 1.14. The maximum atomic E-state index is 13.5. The maximum absolute atomic E-state index is 13.5. The predicted molar refractivity (Wildman–Crippen MR) is 104 cm³/mol. The van der Waals surface area contributed by atoms with E-state index in [9.17, 15) is 26.7 Å². The highest BCUT2D eigenvalue weighted by Gasteiger charge is 2.46.